The van der Waals surface area contributed by atoms with Crippen molar-refractivity contribution in [3.63, 3.8) is 0 Å². The number of hydrogen-bond donors (Lipinski definition) is 2. The zero-order chi connectivity index (χ0) is 14.8. The van der Waals surface area contributed by atoms with Crippen LogP contribution in [-0.4, -0.2) is 22.0 Å². The van der Waals surface area contributed by atoms with Gasteiger partial charge in [0, 0.05) is 13.6 Å². The average molecular weight is 297 g/mol. The van der Waals surface area contributed by atoms with Gasteiger partial charge < -0.3 is 10.6 Å². The van der Waals surface area contributed by atoms with Crippen molar-refractivity contribution in [3.05, 3.63) is 18.2 Å². The average Bonchev–Trinajstić information content (AvgIpc) is 2.38. The second kappa shape index (κ2) is 6.01. The summed E-state index contributed by atoms with van der Waals surface area (Å²) in [5.74, 6) is 0.659. The van der Waals surface area contributed by atoms with Crippen molar-refractivity contribution in [2.24, 2.45) is 11.1 Å². The van der Waals surface area contributed by atoms with Gasteiger partial charge in [-0.05, 0) is 30.9 Å². The molecule has 0 bridgehead atoms. The lowest BCUT2D eigenvalue weighted by Gasteiger charge is -2.29. The summed E-state index contributed by atoms with van der Waals surface area (Å²) in [5, 5.41) is 5.18. The van der Waals surface area contributed by atoms with Crippen LogP contribution in [0.5, 0.6) is 0 Å². The standard InChI is InChI=1S/C14H23N3O2S/c1-17(10-11-6-3-2-4-7-11)12-8-5-9-13(14(12)15)20(16,18)19/h5,8-9,11H,2-4,6-7,10,15H2,1H3,(H2,16,18,19). The minimum absolute atomic E-state index is 0.00509. The predicted octanol–water partition coefficient (Wildman–Crippen LogP) is 1.93. The van der Waals surface area contributed by atoms with E-state index in [0.29, 0.717) is 5.92 Å². The fourth-order valence-electron chi connectivity index (χ4n) is 2.97. The number of para-hydroxylation sites is 1. The highest BCUT2D eigenvalue weighted by atomic mass is 32.2. The molecule has 0 amide bonds. The molecule has 5 nitrogen and oxygen atoms in total. The number of nitrogen functional groups attached to an aromatic ring is 1. The topological polar surface area (TPSA) is 89.4 Å². The lowest BCUT2D eigenvalue weighted by Crippen LogP contribution is -2.28. The third-order valence-corrected chi connectivity index (χ3v) is 4.99. The maximum Gasteiger partial charge on any atom is 0.240 e. The number of sulfonamides is 1. The van der Waals surface area contributed by atoms with Crippen LogP contribution in [0, 0.1) is 5.92 Å². The summed E-state index contributed by atoms with van der Waals surface area (Å²) >= 11 is 0. The number of benzene rings is 1. The molecule has 0 radical (unpaired) electrons. The van der Waals surface area contributed by atoms with Crippen molar-refractivity contribution in [3.8, 4) is 0 Å². The predicted molar refractivity (Wildman–Crippen MR) is 82.1 cm³/mol. The van der Waals surface area contributed by atoms with Crippen LogP contribution in [0.2, 0.25) is 0 Å². The van der Waals surface area contributed by atoms with Crippen LogP contribution in [-0.2, 0) is 10.0 Å². The number of nitrogens with two attached hydrogens (primary N) is 2. The smallest absolute Gasteiger partial charge is 0.240 e. The van der Waals surface area contributed by atoms with E-state index < -0.39 is 10.0 Å². The van der Waals surface area contributed by atoms with Crippen molar-refractivity contribution >= 4 is 21.4 Å². The highest BCUT2D eigenvalue weighted by Gasteiger charge is 2.20. The molecule has 0 aromatic heterocycles. The van der Waals surface area contributed by atoms with Gasteiger partial charge in [-0.2, -0.15) is 0 Å². The Bertz CT molecular complexity index is 566. The molecule has 0 unspecified atom stereocenters. The first-order chi connectivity index (χ1) is 9.39. The number of rotatable bonds is 4. The van der Waals surface area contributed by atoms with Gasteiger partial charge in [-0.15, -0.1) is 0 Å². The lowest BCUT2D eigenvalue weighted by atomic mass is 9.89. The molecule has 112 valence electrons. The van der Waals surface area contributed by atoms with Crippen molar-refractivity contribution in [1.82, 2.24) is 0 Å². The van der Waals surface area contributed by atoms with Crippen molar-refractivity contribution in [1.29, 1.82) is 0 Å². The van der Waals surface area contributed by atoms with E-state index in [-0.39, 0.29) is 10.6 Å². The molecule has 4 N–H and O–H groups in total. The zero-order valence-corrected chi connectivity index (χ0v) is 12.7. The van der Waals surface area contributed by atoms with Gasteiger partial charge in [0.2, 0.25) is 10.0 Å². The van der Waals surface area contributed by atoms with Gasteiger partial charge in [-0.3, -0.25) is 0 Å². The van der Waals surface area contributed by atoms with Crippen LogP contribution in [0.1, 0.15) is 32.1 Å². The molecule has 0 heterocycles. The number of nitrogens with zero attached hydrogens (tertiary/aromatic N) is 1. The Balaban J connectivity index is 2.19. The first-order valence-electron chi connectivity index (χ1n) is 7.02. The van der Waals surface area contributed by atoms with Crippen molar-refractivity contribution in [2.75, 3.05) is 24.2 Å². The molecule has 0 spiro atoms. The third kappa shape index (κ3) is 3.43. The van der Waals surface area contributed by atoms with E-state index in [0.717, 1.165) is 12.2 Å². The van der Waals surface area contributed by atoms with E-state index in [4.69, 9.17) is 10.9 Å². The Kier molecular flexibility index (Phi) is 4.55. The second-order valence-electron chi connectivity index (χ2n) is 5.62. The second-order valence-corrected chi connectivity index (χ2v) is 7.15. The summed E-state index contributed by atoms with van der Waals surface area (Å²) in [6.45, 7) is 0.901. The third-order valence-electron chi connectivity index (χ3n) is 4.02. The van der Waals surface area contributed by atoms with Gasteiger partial charge in [0.25, 0.3) is 0 Å². The molecular formula is C14H23N3O2S. The quantitative estimate of drug-likeness (QED) is 0.831. The molecule has 1 fully saturated rings. The lowest BCUT2D eigenvalue weighted by molar-refractivity contribution is 0.362. The SMILES string of the molecule is CN(CC1CCCCC1)c1cccc(S(N)(=O)=O)c1N. The van der Waals surface area contributed by atoms with Crippen LogP contribution >= 0.6 is 0 Å². The molecule has 1 aliphatic rings. The minimum atomic E-state index is -3.77. The monoisotopic (exact) mass is 297 g/mol. The van der Waals surface area contributed by atoms with Crippen LogP contribution in [0.3, 0.4) is 0 Å². The van der Waals surface area contributed by atoms with E-state index in [2.05, 4.69) is 0 Å². The molecule has 1 saturated carbocycles. The summed E-state index contributed by atoms with van der Waals surface area (Å²) in [5.41, 5.74) is 6.96. The minimum Gasteiger partial charge on any atom is -0.396 e. The zero-order valence-electron chi connectivity index (χ0n) is 11.9. The number of primary sulfonamides is 1. The Morgan fingerprint density at radius 3 is 2.50 bits per heavy atom. The van der Waals surface area contributed by atoms with Crippen LogP contribution < -0.4 is 15.8 Å². The van der Waals surface area contributed by atoms with Gasteiger partial charge in [-0.25, -0.2) is 13.6 Å². The van der Waals surface area contributed by atoms with Crippen LogP contribution in [0.15, 0.2) is 23.1 Å². The Morgan fingerprint density at radius 2 is 1.90 bits per heavy atom. The van der Waals surface area contributed by atoms with Crippen LogP contribution in [0.25, 0.3) is 0 Å². The Labute approximate surface area is 121 Å². The summed E-state index contributed by atoms with van der Waals surface area (Å²) in [4.78, 5) is 2.05. The summed E-state index contributed by atoms with van der Waals surface area (Å²) in [6.07, 6.45) is 6.36. The molecular weight excluding hydrogens is 274 g/mol. The first-order valence-corrected chi connectivity index (χ1v) is 8.56. The van der Waals surface area contributed by atoms with Crippen molar-refractivity contribution in [2.45, 2.75) is 37.0 Å². The van der Waals surface area contributed by atoms with Crippen LogP contribution in [0.4, 0.5) is 11.4 Å². The normalized spacial score (nSPS) is 17.1. The van der Waals surface area contributed by atoms with Gasteiger partial charge in [0.05, 0.1) is 11.4 Å². The summed E-state index contributed by atoms with van der Waals surface area (Å²) in [7, 11) is -1.82. The fraction of sp³-hybridized carbons (Fsp3) is 0.571. The number of anilines is 2. The summed E-state index contributed by atoms with van der Waals surface area (Å²) in [6, 6.07) is 4.97. The molecule has 0 atom stereocenters. The van der Waals surface area contributed by atoms with Crippen molar-refractivity contribution < 1.29 is 8.42 Å². The molecule has 1 aromatic carbocycles. The Hall–Kier alpha value is -1.27. The molecule has 6 heteroatoms. The maximum atomic E-state index is 11.5. The highest BCUT2D eigenvalue weighted by molar-refractivity contribution is 7.89. The van der Waals surface area contributed by atoms with E-state index in [1.807, 2.05) is 18.0 Å². The summed E-state index contributed by atoms with van der Waals surface area (Å²) < 4.78 is 23.0. The Morgan fingerprint density at radius 1 is 1.25 bits per heavy atom. The molecule has 0 saturated heterocycles. The first kappa shape index (κ1) is 15.1. The molecule has 20 heavy (non-hydrogen) atoms. The van der Waals surface area contributed by atoms with E-state index in [1.165, 1.54) is 38.2 Å². The van der Waals surface area contributed by atoms with Gasteiger partial charge in [-0.1, -0.05) is 25.3 Å². The molecule has 2 rings (SSSR count). The van der Waals surface area contributed by atoms with Gasteiger partial charge >= 0.3 is 0 Å². The fourth-order valence-corrected chi connectivity index (χ4v) is 3.65. The van der Waals surface area contributed by atoms with Gasteiger partial charge in [0.15, 0.2) is 0 Å². The molecule has 1 aromatic rings. The van der Waals surface area contributed by atoms with Gasteiger partial charge in [0.1, 0.15) is 4.90 Å². The van der Waals surface area contributed by atoms with E-state index in [1.54, 1.807) is 6.07 Å². The van der Waals surface area contributed by atoms with E-state index >= 15 is 0 Å². The number of hydrogen-bond acceptors (Lipinski definition) is 4. The maximum absolute atomic E-state index is 11.5. The highest BCUT2D eigenvalue weighted by Crippen LogP contribution is 2.31. The molecule has 1 aliphatic carbocycles. The largest absolute Gasteiger partial charge is 0.396 e. The molecule has 0 aliphatic heterocycles. The van der Waals surface area contributed by atoms with E-state index in [9.17, 15) is 8.42 Å².